The molecule has 1 aromatic heterocycles. The highest BCUT2D eigenvalue weighted by atomic mass is 16.6. The van der Waals surface area contributed by atoms with E-state index in [4.69, 9.17) is 19.6 Å². The summed E-state index contributed by atoms with van der Waals surface area (Å²) in [5.41, 5.74) is 5.01. The number of fused-ring (bicyclic) bond motifs is 3. The van der Waals surface area contributed by atoms with E-state index in [1.807, 2.05) is 0 Å². The van der Waals surface area contributed by atoms with Gasteiger partial charge < -0.3 is 19.6 Å². The first-order valence-corrected chi connectivity index (χ1v) is 8.49. The van der Waals surface area contributed by atoms with E-state index in [2.05, 4.69) is 0 Å². The van der Waals surface area contributed by atoms with E-state index in [1.54, 1.807) is 30.3 Å². The number of benzene rings is 2. The van der Waals surface area contributed by atoms with Gasteiger partial charge in [-0.2, -0.15) is 0 Å². The van der Waals surface area contributed by atoms with Gasteiger partial charge in [-0.3, -0.25) is 10.1 Å². The first kappa shape index (κ1) is 18.2. The second-order valence-corrected chi connectivity index (χ2v) is 6.25. The minimum Gasteiger partial charge on any atom is -0.465 e. The topological polar surface area (TPSA) is 135 Å². The fourth-order valence-corrected chi connectivity index (χ4v) is 3.48. The molecule has 0 aliphatic carbocycles. The van der Waals surface area contributed by atoms with Crippen LogP contribution in [0.1, 0.15) is 17.0 Å². The second kappa shape index (κ2) is 6.79. The minimum absolute atomic E-state index is 0.0624. The molecule has 0 spiro atoms. The third kappa shape index (κ3) is 2.80. The van der Waals surface area contributed by atoms with Crippen LogP contribution in [0.5, 0.6) is 5.75 Å². The molecule has 2 heterocycles. The minimum atomic E-state index is -1.20. The van der Waals surface area contributed by atoms with Crippen LogP contribution < -0.4 is 16.1 Å². The van der Waals surface area contributed by atoms with Crippen molar-refractivity contribution in [1.82, 2.24) is 0 Å². The van der Waals surface area contributed by atoms with Gasteiger partial charge in [-0.05, 0) is 12.1 Å². The number of nitrogens with two attached hydrogens (primary N) is 1. The Labute approximate surface area is 163 Å². The van der Waals surface area contributed by atoms with Gasteiger partial charge >= 0.3 is 11.6 Å². The van der Waals surface area contributed by atoms with E-state index in [9.17, 15) is 19.7 Å². The molecule has 0 bridgehead atoms. The van der Waals surface area contributed by atoms with Crippen LogP contribution in [0, 0.1) is 10.1 Å². The molecule has 2 aromatic carbocycles. The zero-order valence-corrected chi connectivity index (χ0v) is 15.1. The van der Waals surface area contributed by atoms with Crippen molar-refractivity contribution >= 4 is 22.6 Å². The smallest absolute Gasteiger partial charge is 0.344 e. The summed E-state index contributed by atoms with van der Waals surface area (Å²) in [6.45, 7) is 0. The molecular formula is C20H14N2O7. The Morgan fingerprint density at radius 1 is 1.17 bits per heavy atom. The highest BCUT2D eigenvalue weighted by Gasteiger charge is 2.41. The highest BCUT2D eigenvalue weighted by Crippen LogP contribution is 2.46. The van der Waals surface area contributed by atoms with Crippen molar-refractivity contribution in [1.29, 1.82) is 0 Å². The summed E-state index contributed by atoms with van der Waals surface area (Å²) in [4.78, 5) is 36.4. The number of rotatable bonds is 3. The number of nitro groups is 1. The maximum atomic E-state index is 12.9. The lowest BCUT2D eigenvalue weighted by Crippen LogP contribution is -2.31. The standard InChI is InChI=1S/C20H14N2O7/c1-27-19(23)16-14(10-6-2-4-8-12(10)22(25)26)15-17(29-18(16)21)11-7-3-5-9-13(11)28-20(15)24/h2-9,14H,21H2,1H3. The zero-order chi connectivity index (χ0) is 20.7. The Morgan fingerprint density at radius 2 is 1.86 bits per heavy atom. The number of nitro benzene ring substituents is 1. The molecule has 9 nitrogen and oxygen atoms in total. The number of methoxy groups -OCH3 is 1. The van der Waals surface area contributed by atoms with E-state index < -0.39 is 22.4 Å². The molecule has 1 aliphatic rings. The quantitative estimate of drug-likeness (QED) is 0.310. The molecule has 0 radical (unpaired) electrons. The van der Waals surface area contributed by atoms with E-state index in [0.29, 0.717) is 5.39 Å². The lowest BCUT2D eigenvalue weighted by Gasteiger charge is -2.27. The Balaban J connectivity index is 2.12. The van der Waals surface area contributed by atoms with Crippen LogP contribution in [-0.4, -0.2) is 18.0 Å². The van der Waals surface area contributed by atoms with Crippen molar-refractivity contribution in [2.24, 2.45) is 5.73 Å². The molecule has 0 fully saturated rings. The van der Waals surface area contributed by atoms with Crippen LogP contribution in [0.4, 0.5) is 5.69 Å². The second-order valence-electron chi connectivity index (χ2n) is 6.25. The number of hydrogen-bond acceptors (Lipinski definition) is 8. The normalized spacial score (nSPS) is 15.6. The average Bonchev–Trinajstić information content (AvgIpc) is 2.72. The number of para-hydroxylation sites is 2. The van der Waals surface area contributed by atoms with Crippen molar-refractivity contribution in [3.63, 3.8) is 0 Å². The molecule has 0 saturated carbocycles. The van der Waals surface area contributed by atoms with E-state index in [-0.39, 0.29) is 39.6 Å². The van der Waals surface area contributed by atoms with Crippen LogP contribution in [0.25, 0.3) is 11.0 Å². The lowest BCUT2D eigenvalue weighted by atomic mass is 9.82. The molecule has 1 unspecified atom stereocenters. The first-order valence-electron chi connectivity index (χ1n) is 8.49. The number of ether oxygens (including phenoxy) is 2. The molecular weight excluding hydrogens is 380 g/mol. The summed E-state index contributed by atoms with van der Waals surface area (Å²) in [6, 6.07) is 12.4. The fraction of sp³-hybridized carbons (Fsp3) is 0.100. The molecule has 4 rings (SSSR count). The summed E-state index contributed by atoms with van der Waals surface area (Å²) in [5.74, 6) is -2.29. The van der Waals surface area contributed by atoms with Crippen LogP contribution in [-0.2, 0) is 9.53 Å². The Kier molecular flexibility index (Phi) is 4.27. The largest absolute Gasteiger partial charge is 0.465 e. The molecule has 1 aliphatic heterocycles. The van der Waals surface area contributed by atoms with Gasteiger partial charge in [0.2, 0.25) is 5.88 Å². The van der Waals surface area contributed by atoms with E-state index in [1.165, 1.54) is 18.2 Å². The maximum absolute atomic E-state index is 12.9. The van der Waals surface area contributed by atoms with Crippen molar-refractivity contribution < 1.29 is 23.6 Å². The molecule has 146 valence electrons. The molecule has 0 amide bonds. The maximum Gasteiger partial charge on any atom is 0.344 e. The third-order valence-corrected chi connectivity index (χ3v) is 4.70. The van der Waals surface area contributed by atoms with Crippen LogP contribution in [0.3, 0.4) is 0 Å². The number of carbonyl (C=O) groups excluding carboxylic acids is 1. The number of hydrogen-bond donors (Lipinski definition) is 1. The summed E-state index contributed by atoms with van der Waals surface area (Å²) in [5, 5.41) is 12.1. The van der Waals surface area contributed by atoms with Crippen molar-refractivity contribution in [3.05, 3.63) is 91.6 Å². The van der Waals surface area contributed by atoms with Gasteiger partial charge in [0.15, 0.2) is 5.75 Å². The molecule has 1 atom stereocenters. The van der Waals surface area contributed by atoms with Crippen molar-refractivity contribution in [2.45, 2.75) is 5.92 Å². The first-order chi connectivity index (χ1) is 13.9. The van der Waals surface area contributed by atoms with Gasteiger partial charge in [0.1, 0.15) is 11.2 Å². The molecule has 29 heavy (non-hydrogen) atoms. The molecule has 0 saturated heterocycles. The SMILES string of the molecule is COC(=O)C1=C(N)Oc2c(c(=O)oc3ccccc23)C1c1ccccc1[N+](=O)[O-]. The van der Waals surface area contributed by atoms with Crippen molar-refractivity contribution in [3.8, 4) is 5.75 Å². The van der Waals surface area contributed by atoms with E-state index >= 15 is 0 Å². The predicted molar refractivity (Wildman–Crippen MR) is 101 cm³/mol. The highest BCUT2D eigenvalue weighted by molar-refractivity contribution is 5.95. The van der Waals surface area contributed by atoms with Gasteiger partial charge in [-0.15, -0.1) is 0 Å². The fourth-order valence-electron chi connectivity index (χ4n) is 3.48. The summed E-state index contributed by atoms with van der Waals surface area (Å²) >= 11 is 0. The molecule has 2 N–H and O–H groups in total. The number of carbonyl (C=O) groups is 1. The summed E-state index contributed by atoms with van der Waals surface area (Å²) in [6.07, 6.45) is 0. The number of esters is 1. The van der Waals surface area contributed by atoms with Gasteiger partial charge in [0.25, 0.3) is 5.69 Å². The van der Waals surface area contributed by atoms with Gasteiger partial charge in [-0.25, -0.2) is 9.59 Å². The van der Waals surface area contributed by atoms with E-state index in [0.717, 1.165) is 7.11 Å². The lowest BCUT2D eigenvalue weighted by molar-refractivity contribution is -0.385. The molecule has 9 heteroatoms. The zero-order valence-electron chi connectivity index (χ0n) is 15.1. The summed E-state index contributed by atoms with van der Waals surface area (Å²) in [7, 11) is 1.14. The monoisotopic (exact) mass is 394 g/mol. The number of nitrogens with zero attached hydrogens (tertiary/aromatic N) is 1. The Morgan fingerprint density at radius 3 is 2.59 bits per heavy atom. The summed E-state index contributed by atoms with van der Waals surface area (Å²) < 4.78 is 15.8. The third-order valence-electron chi connectivity index (χ3n) is 4.70. The van der Waals surface area contributed by atoms with Gasteiger partial charge in [-0.1, -0.05) is 30.3 Å². The Bertz CT molecular complexity index is 1260. The van der Waals surface area contributed by atoms with Crippen LogP contribution in [0.2, 0.25) is 0 Å². The van der Waals surface area contributed by atoms with Gasteiger partial charge in [0, 0.05) is 11.6 Å². The van der Waals surface area contributed by atoms with Crippen LogP contribution in [0.15, 0.2) is 69.2 Å². The van der Waals surface area contributed by atoms with Gasteiger partial charge in [0.05, 0.1) is 28.9 Å². The molecule has 3 aromatic rings. The van der Waals surface area contributed by atoms with Crippen LogP contribution >= 0.6 is 0 Å². The van der Waals surface area contributed by atoms with Crippen molar-refractivity contribution in [2.75, 3.05) is 7.11 Å². The average molecular weight is 394 g/mol. The Hall–Kier alpha value is -4.14. The predicted octanol–water partition coefficient (Wildman–Crippen LogP) is 2.57.